The van der Waals surface area contributed by atoms with Crippen LogP contribution in [0.25, 0.3) is 0 Å². The number of aromatic nitrogens is 1. The van der Waals surface area contributed by atoms with Crippen molar-refractivity contribution in [3.05, 3.63) is 46.4 Å². The third kappa shape index (κ3) is 2.67. The number of hydrogen-bond acceptors (Lipinski definition) is 4. The standard InChI is InChI=1S/C11H9N3O2S/c12-9(15)7-1-3-8(4-2-7)14-10(16)11-13-5-6-17-11/h1-6H,(H2,12,15)(H,14,16). The molecule has 1 heterocycles. The number of nitrogens with two attached hydrogens (primary N) is 1. The van der Waals surface area contributed by atoms with Crippen LogP contribution in [-0.2, 0) is 0 Å². The summed E-state index contributed by atoms with van der Waals surface area (Å²) in [5.74, 6) is -0.769. The molecule has 17 heavy (non-hydrogen) atoms. The van der Waals surface area contributed by atoms with Gasteiger partial charge in [-0.3, -0.25) is 9.59 Å². The van der Waals surface area contributed by atoms with Crippen molar-refractivity contribution in [1.82, 2.24) is 4.98 Å². The average Bonchev–Trinajstić information content (AvgIpc) is 2.83. The van der Waals surface area contributed by atoms with Gasteiger partial charge >= 0.3 is 0 Å². The molecule has 2 amide bonds. The van der Waals surface area contributed by atoms with Gasteiger partial charge in [0.05, 0.1) is 0 Å². The Morgan fingerprint density at radius 3 is 2.47 bits per heavy atom. The predicted octanol–water partition coefficient (Wildman–Crippen LogP) is 1.49. The number of amides is 2. The van der Waals surface area contributed by atoms with Gasteiger partial charge in [0.2, 0.25) is 5.91 Å². The molecule has 2 aromatic rings. The average molecular weight is 247 g/mol. The van der Waals surface area contributed by atoms with Crippen molar-refractivity contribution in [2.24, 2.45) is 5.73 Å². The summed E-state index contributed by atoms with van der Waals surface area (Å²) >= 11 is 1.26. The lowest BCUT2D eigenvalue weighted by molar-refractivity contribution is 0.0998. The second kappa shape index (κ2) is 4.75. The van der Waals surface area contributed by atoms with Crippen LogP contribution in [0.1, 0.15) is 20.2 Å². The number of carbonyl (C=O) groups excluding carboxylic acids is 2. The molecule has 0 fully saturated rings. The first-order valence-corrected chi connectivity index (χ1v) is 5.65. The van der Waals surface area contributed by atoms with E-state index in [9.17, 15) is 9.59 Å². The molecular weight excluding hydrogens is 238 g/mol. The largest absolute Gasteiger partial charge is 0.366 e. The predicted molar refractivity (Wildman–Crippen MR) is 65.0 cm³/mol. The molecule has 0 aliphatic rings. The Morgan fingerprint density at radius 2 is 1.94 bits per heavy atom. The molecule has 0 spiro atoms. The molecule has 0 aliphatic carbocycles. The molecule has 1 aromatic heterocycles. The van der Waals surface area contributed by atoms with Gasteiger partial charge in [-0.05, 0) is 24.3 Å². The quantitative estimate of drug-likeness (QED) is 0.861. The number of thiazole rings is 1. The van der Waals surface area contributed by atoms with Crippen LogP contribution in [0, 0.1) is 0 Å². The van der Waals surface area contributed by atoms with Gasteiger partial charge in [-0.25, -0.2) is 4.98 Å². The van der Waals surface area contributed by atoms with E-state index in [1.54, 1.807) is 35.8 Å². The van der Waals surface area contributed by atoms with Gasteiger partial charge in [0.1, 0.15) is 0 Å². The van der Waals surface area contributed by atoms with Crippen molar-refractivity contribution in [2.75, 3.05) is 5.32 Å². The van der Waals surface area contributed by atoms with E-state index in [1.807, 2.05) is 0 Å². The lowest BCUT2D eigenvalue weighted by Gasteiger charge is -2.03. The summed E-state index contributed by atoms with van der Waals surface area (Å²) in [5, 5.41) is 4.79. The fourth-order valence-electron chi connectivity index (χ4n) is 1.24. The number of nitrogens with one attached hydrogen (secondary N) is 1. The van der Waals surface area contributed by atoms with Crippen LogP contribution in [0.15, 0.2) is 35.8 Å². The van der Waals surface area contributed by atoms with Crippen LogP contribution in [-0.4, -0.2) is 16.8 Å². The summed E-state index contributed by atoms with van der Waals surface area (Å²) in [6, 6.07) is 6.34. The highest BCUT2D eigenvalue weighted by Crippen LogP contribution is 2.12. The van der Waals surface area contributed by atoms with Gasteiger partial charge in [0, 0.05) is 22.8 Å². The van der Waals surface area contributed by atoms with Crippen molar-refractivity contribution < 1.29 is 9.59 Å². The molecule has 0 unspecified atom stereocenters. The minimum atomic E-state index is -0.497. The molecule has 0 aliphatic heterocycles. The fourth-order valence-corrected chi connectivity index (χ4v) is 1.77. The molecule has 0 bridgehead atoms. The van der Waals surface area contributed by atoms with Crippen molar-refractivity contribution >= 4 is 28.8 Å². The minimum Gasteiger partial charge on any atom is -0.366 e. The molecule has 6 heteroatoms. The second-order valence-electron chi connectivity index (χ2n) is 3.23. The highest BCUT2D eigenvalue weighted by Gasteiger charge is 2.08. The Bertz CT molecular complexity index is 534. The zero-order valence-electron chi connectivity index (χ0n) is 8.71. The second-order valence-corrected chi connectivity index (χ2v) is 4.13. The summed E-state index contributed by atoms with van der Waals surface area (Å²) < 4.78 is 0. The summed E-state index contributed by atoms with van der Waals surface area (Å²) in [4.78, 5) is 26.4. The van der Waals surface area contributed by atoms with Gasteiger partial charge in [0.15, 0.2) is 5.01 Å². The molecule has 0 atom stereocenters. The molecule has 0 radical (unpaired) electrons. The maximum absolute atomic E-state index is 11.6. The number of carbonyl (C=O) groups is 2. The highest BCUT2D eigenvalue weighted by atomic mass is 32.1. The van der Waals surface area contributed by atoms with Crippen molar-refractivity contribution in [2.45, 2.75) is 0 Å². The van der Waals surface area contributed by atoms with E-state index in [2.05, 4.69) is 10.3 Å². The zero-order chi connectivity index (χ0) is 12.3. The minimum absolute atomic E-state index is 0.271. The molecule has 86 valence electrons. The normalized spacial score (nSPS) is 9.88. The molecular formula is C11H9N3O2S. The first-order valence-electron chi connectivity index (χ1n) is 4.77. The van der Waals surface area contributed by atoms with E-state index in [1.165, 1.54) is 11.3 Å². The van der Waals surface area contributed by atoms with Crippen LogP contribution in [0.3, 0.4) is 0 Å². The van der Waals surface area contributed by atoms with Gasteiger partial charge < -0.3 is 11.1 Å². The Balaban J connectivity index is 2.09. The van der Waals surface area contributed by atoms with Crippen molar-refractivity contribution in [1.29, 1.82) is 0 Å². The number of primary amides is 1. The van der Waals surface area contributed by atoms with E-state index < -0.39 is 5.91 Å². The van der Waals surface area contributed by atoms with E-state index in [4.69, 9.17) is 5.73 Å². The van der Waals surface area contributed by atoms with Gasteiger partial charge in [-0.15, -0.1) is 11.3 Å². The van der Waals surface area contributed by atoms with Gasteiger partial charge in [-0.2, -0.15) is 0 Å². The van der Waals surface area contributed by atoms with Crippen molar-refractivity contribution in [3.63, 3.8) is 0 Å². The third-order valence-corrected chi connectivity index (χ3v) is 2.83. The lowest BCUT2D eigenvalue weighted by atomic mass is 10.2. The summed E-state index contributed by atoms with van der Waals surface area (Å²) in [7, 11) is 0. The first kappa shape index (κ1) is 11.3. The van der Waals surface area contributed by atoms with E-state index in [0.717, 1.165) is 0 Å². The Labute approximate surface area is 101 Å². The molecule has 5 nitrogen and oxygen atoms in total. The molecule has 1 aromatic carbocycles. The SMILES string of the molecule is NC(=O)c1ccc(NC(=O)c2nccs2)cc1. The van der Waals surface area contributed by atoms with E-state index in [0.29, 0.717) is 16.3 Å². The number of rotatable bonds is 3. The summed E-state index contributed by atoms with van der Waals surface area (Å²) in [6.07, 6.45) is 1.57. The summed E-state index contributed by atoms with van der Waals surface area (Å²) in [6.45, 7) is 0. The third-order valence-electron chi connectivity index (χ3n) is 2.05. The first-order chi connectivity index (χ1) is 8.16. The van der Waals surface area contributed by atoms with Crippen LogP contribution < -0.4 is 11.1 Å². The summed E-state index contributed by atoms with van der Waals surface area (Å²) in [5.41, 5.74) is 6.10. The van der Waals surface area contributed by atoms with E-state index >= 15 is 0 Å². The highest BCUT2D eigenvalue weighted by molar-refractivity contribution is 7.11. The van der Waals surface area contributed by atoms with E-state index in [-0.39, 0.29) is 5.91 Å². The maximum atomic E-state index is 11.6. The molecule has 0 saturated heterocycles. The molecule has 2 rings (SSSR count). The smallest absolute Gasteiger partial charge is 0.284 e. The monoisotopic (exact) mass is 247 g/mol. The Kier molecular flexibility index (Phi) is 3.15. The van der Waals surface area contributed by atoms with Crippen LogP contribution in [0.2, 0.25) is 0 Å². The zero-order valence-corrected chi connectivity index (χ0v) is 9.53. The Hall–Kier alpha value is -2.21. The molecule has 3 N–H and O–H groups in total. The lowest BCUT2D eigenvalue weighted by Crippen LogP contribution is -2.13. The maximum Gasteiger partial charge on any atom is 0.284 e. The number of nitrogens with zero attached hydrogens (tertiary/aromatic N) is 1. The van der Waals surface area contributed by atoms with Crippen LogP contribution in [0.5, 0.6) is 0 Å². The van der Waals surface area contributed by atoms with Crippen molar-refractivity contribution in [3.8, 4) is 0 Å². The number of anilines is 1. The fraction of sp³-hybridized carbons (Fsp3) is 0. The van der Waals surface area contributed by atoms with Crippen LogP contribution >= 0.6 is 11.3 Å². The van der Waals surface area contributed by atoms with Crippen LogP contribution in [0.4, 0.5) is 5.69 Å². The Morgan fingerprint density at radius 1 is 1.24 bits per heavy atom. The molecule has 0 saturated carbocycles. The topological polar surface area (TPSA) is 85.1 Å². The van der Waals surface area contributed by atoms with Gasteiger partial charge in [0.25, 0.3) is 5.91 Å². The number of hydrogen-bond donors (Lipinski definition) is 2. The number of benzene rings is 1. The van der Waals surface area contributed by atoms with Gasteiger partial charge in [-0.1, -0.05) is 0 Å².